The SMILES string of the molecule is COC(C)c1noc(C2CCN2)n1. The summed E-state index contributed by atoms with van der Waals surface area (Å²) < 4.78 is 10.2. The van der Waals surface area contributed by atoms with Gasteiger partial charge in [-0.1, -0.05) is 5.16 Å². The molecule has 0 aromatic carbocycles. The first kappa shape index (κ1) is 8.65. The van der Waals surface area contributed by atoms with E-state index in [1.54, 1.807) is 7.11 Å². The van der Waals surface area contributed by atoms with Gasteiger partial charge in [0.15, 0.2) is 5.82 Å². The molecule has 0 radical (unpaired) electrons. The predicted molar refractivity (Wildman–Crippen MR) is 45.1 cm³/mol. The summed E-state index contributed by atoms with van der Waals surface area (Å²) in [6, 6.07) is 0.255. The van der Waals surface area contributed by atoms with Gasteiger partial charge in [-0.15, -0.1) is 0 Å². The number of aromatic nitrogens is 2. The molecular formula is C8H13N3O2. The number of rotatable bonds is 3. The van der Waals surface area contributed by atoms with Crippen molar-refractivity contribution < 1.29 is 9.26 Å². The lowest BCUT2D eigenvalue weighted by Crippen LogP contribution is -2.35. The van der Waals surface area contributed by atoms with E-state index in [-0.39, 0.29) is 12.1 Å². The zero-order valence-corrected chi connectivity index (χ0v) is 7.78. The summed E-state index contributed by atoms with van der Waals surface area (Å²) in [4.78, 5) is 4.24. The number of nitrogens with zero attached hydrogens (tertiary/aromatic N) is 2. The van der Waals surface area contributed by atoms with E-state index in [2.05, 4.69) is 15.5 Å². The zero-order valence-electron chi connectivity index (χ0n) is 7.78. The molecule has 1 aliphatic rings. The summed E-state index contributed by atoms with van der Waals surface area (Å²) in [6.07, 6.45) is 0.973. The van der Waals surface area contributed by atoms with E-state index in [1.165, 1.54) is 0 Å². The van der Waals surface area contributed by atoms with Crippen LogP contribution in [0.3, 0.4) is 0 Å². The summed E-state index contributed by atoms with van der Waals surface area (Å²) >= 11 is 0. The van der Waals surface area contributed by atoms with Crippen molar-refractivity contribution in [3.8, 4) is 0 Å². The zero-order chi connectivity index (χ0) is 9.26. The molecule has 0 spiro atoms. The number of methoxy groups -OCH3 is 1. The molecule has 2 unspecified atom stereocenters. The van der Waals surface area contributed by atoms with Crippen LogP contribution < -0.4 is 5.32 Å². The van der Waals surface area contributed by atoms with Gasteiger partial charge in [-0.05, 0) is 19.9 Å². The quantitative estimate of drug-likeness (QED) is 0.751. The van der Waals surface area contributed by atoms with Crippen LogP contribution in [-0.2, 0) is 4.74 Å². The number of ether oxygens (including phenoxy) is 1. The van der Waals surface area contributed by atoms with Gasteiger partial charge >= 0.3 is 0 Å². The average molecular weight is 183 g/mol. The predicted octanol–water partition coefficient (Wildman–Crippen LogP) is 0.811. The van der Waals surface area contributed by atoms with Gasteiger partial charge in [0.05, 0.1) is 6.04 Å². The molecule has 2 rings (SSSR count). The molecule has 72 valence electrons. The minimum Gasteiger partial charge on any atom is -0.374 e. The molecule has 5 nitrogen and oxygen atoms in total. The van der Waals surface area contributed by atoms with Gasteiger partial charge in [0, 0.05) is 7.11 Å². The highest BCUT2D eigenvalue weighted by atomic mass is 16.5. The molecule has 0 amide bonds. The van der Waals surface area contributed by atoms with Crippen molar-refractivity contribution in [2.75, 3.05) is 13.7 Å². The summed E-state index contributed by atoms with van der Waals surface area (Å²) in [6.45, 7) is 2.92. The second-order valence-electron chi connectivity index (χ2n) is 3.16. The third kappa shape index (κ3) is 1.57. The van der Waals surface area contributed by atoms with Gasteiger partial charge in [-0.25, -0.2) is 0 Å². The van der Waals surface area contributed by atoms with Gasteiger partial charge in [0.1, 0.15) is 6.10 Å². The van der Waals surface area contributed by atoms with Gasteiger partial charge in [0.2, 0.25) is 5.89 Å². The molecule has 1 N–H and O–H groups in total. The molecule has 0 saturated carbocycles. The average Bonchev–Trinajstić information content (AvgIpc) is 2.49. The van der Waals surface area contributed by atoms with Crippen LogP contribution in [0.25, 0.3) is 0 Å². The van der Waals surface area contributed by atoms with E-state index in [1.807, 2.05) is 6.92 Å². The second kappa shape index (κ2) is 3.43. The third-order valence-corrected chi connectivity index (χ3v) is 2.30. The lowest BCUT2D eigenvalue weighted by atomic mass is 10.1. The highest BCUT2D eigenvalue weighted by Crippen LogP contribution is 2.22. The van der Waals surface area contributed by atoms with Crippen LogP contribution in [-0.4, -0.2) is 23.8 Å². The van der Waals surface area contributed by atoms with E-state index < -0.39 is 0 Å². The maximum Gasteiger partial charge on any atom is 0.243 e. The number of hydrogen-bond acceptors (Lipinski definition) is 5. The Morgan fingerprint density at radius 2 is 2.46 bits per heavy atom. The first-order valence-corrected chi connectivity index (χ1v) is 4.41. The van der Waals surface area contributed by atoms with Crippen LogP contribution in [0.1, 0.15) is 37.2 Å². The van der Waals surface area contributed by atoms with Crippen LogP contribution in [0, 0.1) is 0 Å². The minimum absolute atomic E-state index is 0.0995. The molecule has 0 aliphatic carbocycles. The molecule has 1 aromatic rings. The molecule has 1 aliphatic heterocycles. The normalized spacial score (nSPS) is 24.0. The largest absolute Gasteiger partial charge is 0.374 e. The van der Waals surface area contributed by atoms with E-state index in [9.17, 15) is 0 Å². The van der Waals surface area contributed by atoms with Gasteiger partial charge in [-0.3, -0.25) is 0 Å². The van der Waals surface area contributed by atoms with Crippen molar-refractivity contribution >= 4 is 0 Å². The maximum atomic E-state index is 5.09. The molecule has 2 atom stereocenters. The number of nitrogens with one attached hydrogen (secondary N) is 1. The highest BCUT2D eigenvalue weighted by Gasteiger charge is 2.25. The molecule has 1 aromatic heterocycles. The summed E-state index contributed by atoms with van der Waals surface area (Å²) in [7, 11) is 1.63. The van der Waals surface area contributed by atoms with Crippen molar-refractivity contribution in [1.29, 1.82) is 0 Å². The Morgan fingerprint density at radius 3 is 3.00 bits per heavy atom. The minimum atomic E-state index is -0.0995. The van der Waals surface area contributed by atoms with E-state index in [0.717, 1.165) is 13.0 Å². The Morgan fingerprint density at radius 1 is 1.69 bits per heavy atom. The topological polar surface area (TPSA) is 60.2 Å². The van der Waals surface area contributed by atoms with Crippen LogP contribution in [0.5, 0.6) is 0 Å². The molecular weight excluding hydrogens is 170 g/mol. The van der Waals surface area contributed by atoms with Crippen LogP contribution in [0.4, 0.5) is 0 Å². The van der Waals surface area contributed by atoms with Crippen molar-refractivity contribution in [2.45, 2.75) is 25.5 Å². The summed E-state index contributed by atoms with van der Waals surface area (Å²) in [5.74, 6) is 1.29. The standard InChI is InChI=1S/C8H13N3O2/c1-5(12-2)7-10-8(13-11-7)6-3-4-9-6/h5-6,9H,3-4H2,1-2H3. The number of hydrogen-bond donors (Lipinski definition) is 1. The monoisotopic (exact) mass is 183 g/mol. The Kier molecular flexibility index (Phi) is 2.28. The first-order valence-electron chi connectivity index (χ1n) is 4.41. The van der Waals surface area contributed by atoms with Crippen molar-refractivity contribution in [3.05, 3.63) is 11.7 Å². The Bertz CT molecular complexity index is 263. The summed E-state index contributed by atoms with van der Waals surface area (Å²) in [5, 5.41) is 7.03. The highest BCUT2D eigenvalue weighted by molar-refractivity contribution is 4.98. The molecule has 5 heteroatoms. The fourth-order valence-electron chi connectivity index (χ4n) is 1.16. The van der Waals surface area contributed by atoms with E-state index in [4.69, 9.17) is 9.26 Å². The fraction of sp³-hybridized carbons (Fsp3) is 0.750. The molecule has 13 heavy (non-hydrogen) atoms. The Labute approximate surface area is 76.5 Å². The maximum absolute atomic E-state index is 5.09. The van der Waals surface area contributed by atoms with Crippen LogP contribution in [0.2, 0.25) is 0 Å². The lowest BCUT2D eigenvalue weighted by Gasteiger charge is -2.23. The van der Waals surface area contributed by atoms with Crippen LogP contribution in [0.15, 0.2) is 4.52 Å². The van der Waals surface area contributed by atoms with E-state index in [0.29, 0.717) is 11.7 Å². The lowest BCUT2D eigenvalue weighted by molar-refractivity contribution is 0.109. The molecule has 2 heterocycles. The van der Waals surface area contributed by atoms with Crippen molar-refractivity contribution in [3.63, 3.8) is 0 Å². The third-order valence-electron chi connectivity index (χ3n) is 2.30. The summed E-state index contributed by atoms with van der Waals surface area (Å²) in [5.41, 5.74) is 0. The Balaban J connectivity index is 2.08. The smallest absolute Gasteiger partial charge is 0.243 e. The molecule has 1 fully saturated rings. The van der Waals surface area contributed by atoms with Gasteiger partial charge in [0.25, 0.3) is 0 Å². The first-order chi connectivity index (χ1) is 6.31. The van der Waals surface area contributed by atoms with Gasteiger partial charge < -0.3 is 14.6 Å². The van der Waals surface area contributed by atoms with Gasteiger partial charge in [-0.2, -0.15) is 4.98 Å². The molecule has 1 saturated heterocycles. The van der Waals surface area contributed by atoms with E-state index >= 15 is 0 Å². The Hall–Kier alpha value is -0.940. The van der Waals surface area contributed by atoms with Crippen LogP contribution >= 0.6 is 0 Å². The van der Waals surface area contributed by atoms with Crippen molar-refractivity contribution in [2.24, 2.45) is 0 Å². The molecule has 0 bridgehead atoms. The van der Waals surface area contributed by atoms with Crippen molar-refractivity contribution in [1.82, 2.24) is 15.5 Å². The fourth-order valence-corrected chi connectivity index (χ4v) is 1.16. The second-order valence-corrected chi connectivity index (χ2v) is 3.16.